The lowest BCUT2D eigenvalue weighted by Gasteiger charge is -2.27. The first kappa shape index (κ1) is 13.9. The number of rotatable bonds is 2. The van der Waals surface area contributed by atoms with Gasteiger partial charge in [-0.2, -0.15) is 0 Å². The average molecular weight is 286 g/mol. The molecule has 5 heteroatoms. The van der Waals surface area contributed by atoms with E-state index in [2.05, 4.69) is 0 Å². The fourth-order valence-electron chi connectivity index (χ4n) is 1.90. The molecule has 2 rings (SSSR count). The minimum Gasteiger partial charge on any atom is -0.318 e. The Morgan fingerprint density at radius 3 is 2.11 bits per heavy atom. The van der Waals surface area contributed by atoms with Gasteiger partial charge in [-0.25, -0.2) is 13.2 Å². The molecule has 0 heterocycles. The number of nitrogens with two attached hydrogens (primary N) is 1. The summed E-state index contributed by atoms with van der Waals surface area (Å²) in [5, 5.41) is 0.232. The van der Waals surface area contributed by atoms with Crippen LogP contribution >= 0.6 is 11.6 Å². The van der Waals surface area contributed by atoms with Gasteiger partial charge >= 0.3 is 0 Å². The molecule has 0 bridgehead atoms. The molecular weight excluding hydrogens is 275 g/mol. The molecule has 0 saturated carbocycles. The van der Waals surface area contributed by atoms with E-state index in [4.69, 9.17) is 17.3 Å². The van der Waals surface area contributed by atoms with Crippen molar-refractivity contribution in [1.82, 2.24) is 0 Å². The molecule has 0 aliphatic rings. The fraction of sp³-hybridized carbons (Fsp3) is 0.143. The van der Waals surface area contributed by atoms with Gasteiger partial charge < -0.3 is 5.73 Å². The van der Waals surface area contributed by atoms with Gasteiger partial charge in [0.1, 0.15) is 17.5 Å². The van der Waals surface area contributed by atoms with Gasteiger partial charge in [0, 0.05) is 11.1 Å². The highest BCUT2D eigenvalue weighted by molar-refractivity contribution is 6.31. The third-order valence-electron chi connectivity index (χ3n) is 2.95. The zero-order valence-electron chi connectivity index (χ0n) is 10.1. The van der Waals surface area contributed by atoms with Crippen molar-refractivity contribution in [2.75, 3.05) is 0 Å². The van der Waals surface area contributed by atoms with Crippen LogP contribution in [0.2, 0.25) is 5.02 Å². The van der Waals surface area contributed by atoms with Crippen molar-refractivity contribution in [3.05, 3.63) is 70.0 Å². The normalized spacial score (nSPS) is 14.2. The van der Waals surface area contributed by atoms with Crippen LogP contribution in [0.15, 0.2) is 36.4 Å². The highest BCUT2D eigenvalue weighted by Crippen LogP contribution is 2.33. The average Bonchev–Trinajstić information content (AvgIpc) is 2.31. The Hall–Kier alpha value is -1.52. The van der Waals surface area contributed by atoms with Crippen LogP contribution in [-0.4, -0.2) is 0 Å². The largest absolute Gasteiger partial charge is 0.318 e. The molecule has 0 aromatic heterocycles. The number of halogens is 4. The molecule has 19 heavy (non-hydrogen) atoms. The van der Waals surface area contributed by atoms with E-state index in [9.17, 15) is 13.2 Å². The molecular formula is C14H11ClF3N. The van der Waals surface area contributed by atoms with E-state index in [1.807, 2.05) is 0 Å². The van der Waals surface area contributed by atoms with Crippen LogP contribution in [0.5, 0.6) is 0 Å². The predicted octanol–water partition coefficient (Wildman–Crippen LogP) is 3.98. The quantitative estimate of drug-likeness (QED) is 0.887. The van der Waals surface area contributed by atoms with E-state index < -0.39 is 23.0 Å². The lowest BCUT2D eigenvalue weighted by atomic mass is 9.85. The highest BCUT2D eigenvalue weighted by atomic mass is 35.5. The van der Waals surface area contributed by atoms with Crippen LogP contribution in [0.1, 0.15) is 18.1 Å². The second kappa shape index (κ2) is 4.87. The molecule has 2 aromatic rings. The Balaban J connectivity index is 2.60. The van der Waals surface area contributed by atoms with E-state index in [1.165, 1.54) is 19.1 Å². The molecule has 0 aliphatic heterocycles. The molecule has 0 radical (unpaired) electrons. The van der Waals surface area contributed by atoms with E-state index >= 15 is 0 Å². The van der Waals surface area contributed by atoms with Gasteiger partial charge in [0.2, 0.25) is 0 Å². The molecule has 1 nitrogen and oxygen atoms in total. The summed E-state index contributed by atoms with van der Waals surface area (Å²) in [4.78, 5) is 0. The number of hydrogen-bond donors (Lipinski definition) is 1. The number of benzene rings is 2. The van der Waals surface area contributed by atoms with Gasteiger partial charge in [-0.15, -0.1) is 0 Å². The summed E-state index contributed by atoms with van der Waals surface area (Å²) in [5.74, 6) is -2.02. The Bertz CT molecular complexity index is 606. The van der Waals surface area contributed by atoms with Crippen LogP contribution < -0.4 is 5.73 Å². The van der Waals surface area contributed by atoms with Crippen LogP contribution in [-0.2, 0) is 5.54 Å². The minimum absolute atomic E-state index is 0.178. The first-order valence-electron chi connectivity index (χ1n) is 5.51. The van der Waals surface area contributed by atoms with Crippen LogP contribution in [0.4, 0.5) is 13.2 Å². The topological polar surface area (TPSA) is 26.0 Å². The van der Waals surface area contributed by atoms with Gasteiger partial charge in [0.05, 0.1) is 5.54 Å². The summed E-state index contributed by atoms with van der Waals surface area (Å²) in [5.41, 5.74) is 5.22. The molecule has 2 aromatic carbocycles. The zero-order valence-corrected chi connectivity index (χ0v) is 10.8. The molecule has 1 unspecified atom stereocenters. The van der Waals surface area contributed by atoms with E-state index in [-0.39, 0.29) is 16.1 Å². The van der Waals surface area contributed by atoms with E-state index in [0.29, 0.717) is 0 Å². The van der Waals surface area contributed by atoms with Gasteiger partial charge in [0.25, 0.3) is 0 Å². The third-order valence-corrected chi connectivity index (χ3v) is 3.28. The smallest absolute Gasteiger partial charge is 0.126 e. The molecule has 0 amide bonds. The molecule has 0 saturated heterocycles. The van der Waals surface area contributed by atoms with Crippen LogP contribution in [0, 0.1) is 17.5 Å². The van der Waals surface area contributed by atoms with Crippen molar-refractivity contribution in [1.29, 1.82) is 0 Å². The predicted molar refractivity (Wildman–Crippen MR) is 68.4 cm³/mol. The van der Waals surface area contributed by atoms with Gasteiger partial charge in [-0.05, 0) is 48.4 Å². The molecule has 2 N–H and O–H groups in total. The fourth-order valence-corrected chi connectivity index (χ4v) is 2.22. The van der Waals surface area contributed by atoms with Crippen molar-refractivity contribution in [3.8, 4) is 0 Å². The standard InChI is InChI=1S/C14H11ClF3N/c1-14(19,8-4-10(17)6-11(18)5-8)12-7-9(16)2-3-13(12)15/h2-7H,19H2,1H3. The van der Waals surface area contributed by atoms with Gasteiger partial charge in [-0.1, -0.05) is 11.6 Å². The lowest BCUT2D eigenvalue weighted by Crippen LogP contribution is -2.35. The minimum atomic E-state index is -1.30. The second-order valence-electron chi connectivity index (χ2n) is 4.48. The van der Waals surface area contributed by atoms with Crippen molar-refractivity contribution in [2.24, 2.45) is 5.73 Å². The Morgan fingerprint density at radius 1 is 0.947 bits per heavy atom. The second-order valence-corrected chi connectivity index (χ2v) is 4.89. The maximum Gasteiger partial charge on any atom is 0.126 e. The molecule has 100 valence electrons. The van der Waals surface area contributed by atoms with Crippen molar-refractivity contribution in [2.45, 2.75) is 12.5 Å². The summed E-state index contributed by atoms with van der Waals surface area (Å²) in [7, 11) is 0. The molecule has 0 fully saturated rings. The maximum absolute atomic E-state index is 13.3. The number of hydrogen-bond acceptors (Lipinski definition) is 1. The Kier molecular flexibility index (Phi) is 3.56. The maximum atomic E-state index is 13.3. The summed E-state index contributed by atoms with van der Waals surface area (Å²) >= 11 is 5.98. The monoisotopic (exact) mass is 285 g/mol. The summed E-state index contributed by atoms with van der Waals surface area (Å²) in [6.45, 7) is 1.52. The Labute approximate surface area is 113 Å². The van der Waals surface area contributed by atoms with Gasteiger partial charge in [-0.3, -0.25) is 0 Å². The first-order valence-corrected chi connectivity index (χ1v) is 5.89. The summed E-state index contributed by atoms with van der Waals surface area (Å²) < 4.78 is 39.8. The highest BCUT2D eigenvalue weighted by Gasteiger charge is 2.27. The van der Waals surface area contributed by atoms with Crippen molar-refractivity contribution in [3.63, 3.8) is 0 Å². The molecule has 1 atom stereocenters. The van der Waals surface area contributed by atoms with Crippen LogP contribution in [0.25, 0.3) is 0 Å². The zero-order chi connectivity index (χ0) is 14.2. The van der Waals surface area contributed by atoms with Crippen molar-refractivity contribution < 1.29 is 13.2 Å². The third kappa shape index (κ3) is 2.74. The van der Waals surface area contributed by atoms with E-state index in [1.54, 1.807) is 0 Å². The van der Waals surface area contributed by atoms with Crippen molar-refractivity contribution >= 4 is 11.6 Å². The summed E-state index contributed by atoms with van der Waals surface area (Å²) in [6, 6.07) is 6.65. The van der Waals surface area contributed by atoms with E-state index in [0.717, 1.165) is 24.3 Å². The SMILES string of the molecule is CC(N)(c1cc(F)cc(F)c1)c1cc(F)ccc1Cl. The molecule has 0 spiro atoms. The summed E-state index contributed by atoms with van der Waals surface area (Å²) in [6.07, 6.45) is 0. The Morgan fingerprint density at radius 2 is 1.53 bits per heavy atom. The van der Waals surface area contributed by atoms with Gasteiger partial charge in [0.15, 0.2) is 0 Å². The molecule has 0 aliphatic carbocycles. The lowest BCUT2D eigenvalue weighted by molar-refractivity contribution is 0.546. The van der Waals surface area contributed by atoms with Crippen LogP contribution in [0.3, 0.4) is 0 Å². The first-order chi connectivity index (χ1) is 8.80.